The predicted molar refractivity (Wildman–Crippen MR) is 134 cm³/mol. The number of alkyl halides is 3. The molecule has 0 bridgehead atoms. The van der Waals surface area contributed by atoms with Crippen LogP contribution in [0.15, 0.2) is 40.2 Å². The number of hydrogen-bond acceptors (Lipinski definition) is 8. The molecule has 0 amide bonds. The lowest BCUT2D eigenvalue weighted by Crippen LogP contribution is -2.27. The van der Waals surface area contributed by atoms with Crippen molar-refractivity contribution in [1.29, 1.82) is 0 Å². The fourth-order valence-electron chi connectivity index (χ4n) is 4.54. The van der Waals surface area contributed by atoms with E-state index in [1.165, 1.54) is 10.6 Å². The Morgan fingerprint density at radius 1 is 1.23 bits per heavy atom. The second-order valence-corrected chi connectivity index (χ2v) is 9.26. The molecule has 3 aromatic heterocycles. The van der Waals surface area contributed by atoms with E-state index in [0.29, 0.717) is 36.1 Å². The largest absolute Gasteiger partial charge is 0.423 e. The van der Waals surface area contributed by atoms with Crippen LogP contribution in [0.2, 0.25) is 0 Å². The molecule has 1 atom stereocenters. The molecule has 204 valence electrons. The Kier molecular flexibility index (Phi) is 6.80. The molecule has 0 fully saturated rings. The zero-order valence-electron chi connectivity index (χ0n) is 20.6. The zero-order chi connectivity index (χ0) is 27.9. The molecule has 0 aliphatic carbocycles. The van der Waals surface area contributed by atoms with Crippen LogP contribution in [0, 0.1) is 5.82 Å². The fourth-order valence-corrected chi connectivity index (χ4v) is 4.54. The molecular weight excluding hydrogens is 522 g/mol. The summed E-state index contributed by atoms with van der Waals surface area (Å²) in [4.78, 5) is 33.3. The van der Waals surface area contributed by atoms with Gasteiger partial charge < -0.3 is 20.4 Å². The van der Waals surface area contributed by atoms with E-state index in [-0.39, 0.29) is 35.7 Å². The lowest BCUT2D eigenvalue weighted by Gasteiger charge is -2.18. The van der Waals surface area contributed by atoms with Crippen molar-refractivity contribution >= 4 is 22.3 Å². The van der Waals surface area contributed by atoms with E-state index in [9.17, 15) is 22.8 Å². The van der Waals surface area contributed by atoms with E-state index in [1.807, 2.05) is 0 Å². The Morgan fingerprint density at radius 2 is 2.03 bits per heavy atom. The van der Waals surface area contributed by atoms with E-state index in [2.05, 4.69) is 20.4 Å². The van der Waals surface area contributed by atoms with Gasteiger partial charge in [0, 0.05) is 24.3 Å². The van der Waals surface area contributed by atoms with Gasteiger partial charge in [0.25, 0.3) is 11.1 Å². The number of pyridine rings is 1. The highest BCUT2D eigenvalue weighted by Crippen LogP contribution is 2.32. The maximum Gasteiger partial charge on any atom is 0.423 e. The SMILES string of the molecule is CC(CCCn1ccc2cc(-c3nc(N)c4c(n3)COC4)c(F)cc2c1=O)Nc1cn[nH]c(=O)c1C(F)(F)F. The summed E-state index contributed by atoms with van der Waals surface area (Å²) in [6.07, 6.45) is -1.57. The second-order valence-electron chi connectivity index (χ2n) is 9.26. The number of fused-ring (bicyclic) bond motifs is 2. The number of aromatic nitrogens is 5. The summed E-state index contributed by atoms with van der Waals surface area (Å²) >= 11 is 0. The molecule has 4 heterocycles. The highest BCUT2D eigenvalue weighted by atomic mass is 19.4. The summed E-state index contributed by atoms with van der Waals surface area (Å²) < 4.78 is 61.6. The average molecular weight is 545 g/mol. The molecule has 14 heteroatoms. The molecule has 1 aliphatic rings. The Hall–Kier alpha value is -4.33. The first-order valence-electron chi connectivity index (χ1n) is 12.0. The van der Waals surface area contributed by atoms with Gasteiger partial charge in [-0.25, -0.2) is 19.5 Å². The summed E-state index contributed by atoms with van der Waals surface area (Å²) in [7, 11) is 0. The molecule has 1 aliphatic heterocycles. The third kappa shape index (κ3) is 5.19. The van der Waals surface area contributed by atoms with Crippen molar-refractivity contribution in [3.05, 3.63) is 73.9 Å². The first-order valence-corrected chi connectivity index (χ1v) is 12.0. The van der Waals surface area contributed by atoms with Gasteiger partial charge in [-0.05, 0) is 43.4 Å². The minimum Gasteiger partial charge on any atom is -0.383 e. The van der Waals surface area contributed by atoms with Gasteiger partial charge in [-0.3, -0.25) is 9.59 Å². The van der Waals surface area contributed by atoms with Crippen LogP contribution in [0.4, 0.5) is 29.1 Å². The average Bonchev–Trinajstić information content (AvgIpc) is 3.34. The molecule has 1 unspecified atom stereocenters. The Bertz CT molecular complexity index is 1680. The number of aromatic amines is 1. The molecule has 5 rings (SSSR count). The monoisotopic (exact) mass is 545 g/mol. The molecule has 10 nitrogen and oxygen atoms in total. The van der Waals surface area contributed by atoms with Crippen LogP contribution in [-0.4, -0.2) is 30.8 Å². The van der Waals surface area contributed by atoms with Crippen molar-refractivity contribution in [2.75, 3.05) is 11.1 Å². The molecule has 0 saturated heterocycles. The molecule has 39 heavy (non-hydrogen) atoms. The maximum atomic E-state index is 15.1. The van der Waals surface area contributed by atoms with E-state index in [4.69, 9.17) is 10.5 Å². The van der Waals surface area contributed by atoms with Crippen molar-refractivity contribution < 1.29 is 22.3 Å². The number of nitrogens with zero attached hydrogens (tertiary/aromatic N) is 4. The first kappa shape index (κ1) is 26.3. The second kappa shape index (κ2) is 10.1. The highest BCUT2D eigenvalue weighted by molar-refractivity contribution is 5.86. The summed E-state index contributed by atoms with van der Waals surface area (Å²) in [5.74, 6) is -0.359. The first-order chi connectivity index (χ1) is 18.5. The third-order valence-electron chi connectivity index (χ3n) is 6.49. The molecule has 4 aromatic rings. The standard InChI is InChI=1S/C25H23F4N7O3/c1-12(32-18-9-31-35-23(37)20(18)25(27,28)29)3-2-5-36-6-4-13-7-15(17(26)8-14(13)24(36)38)22-33-19-11-39-10-16(19)21(30)34-22/h4,6-9,12H,2-3,5,10-11H2,1H3,(H2,30,33,34)(H2,32,35,37). The third-order valence-corrected chi connectivity index (χ3v) is 6.49. The maximum absolute atomic E-state index is 15.1. The number of halogens is 4. The number of nitrogen functional groups attached to an aromatic ring is 1. The van der Waals surface area contributed by atoms with Crippen LogP contribution >= 0.6 is 0 Å². The minimum absolute atomic E-state index is 0.103. The molecular formula is C25H23F4N7O3. The van der Waals surface area contributed by atoms with Gasteiger partial charge in [0.2, 0.25) is 0 Å². The van der Waals surface area contributed by atoms with E-state index < -0.39 is 40.4 Å². The fraction of sp³-hybridized carbons (Fsp3) is 0.320. The number of hydrogen-bond donors (Lipinski definition) is 3. The van der Waals surface area contributed by atoms with Crippen molar-refractivity contribution in [1.82, 2.24) is 24.7 Å². The van der Waals surface area contributed by atoms with Crippen LogP contribution in [0.3, 0.4) is 0 Å². The van der Waals surface area contributed by atoms with Crippen LogP contribution in [0.25, 0.3) is 22.2 Å². The summed E-state index contributed by atoms with van der Waals surface area (Å²) in [6, 6.07) is 3.83. The number of benzene rings is 1. The van der Waals surface area contributed by atoms with Gasteiger partial charge >= 0.3 is 6.18 Å². The summed E-state index contributed by atoms with van der Waals surface area (Å²) in [6.45, 7) is 2.46. The zero-order valence-corrected chi connectivity index (χ0v) is 20.6. The lowest BCUT2D eigenvalue weighted by molar-refractivity contribution is -0.138. The van der Waals surface area contributed by atoms with Gasteiger partial charge in [-0.15, -0.1) is 0 Å². The number of anilines is 2. The Labute approximate surface area is 217 Å². The number of H-pyrrole nitrogens is 1. The van der Waals surface area contributed by atoms with Crippen molar-refractivity contribution in [2.45, 2.75) is 51.7 Å². The van der Waals surface area contributed by atoms with Crippen LogP contribution < -0.4 is 22.2 Å². The van der Waals surface area contributed by atoms with Crippen molar-refractivity contribution in [3.8, 4) is 11.4 Å². The number of ether oxygens (including phenoxy) is 1. The van der Waals surface area contributed by atoms with Gasteiger partial charge in [0.1, 0.15) is 17.2 Å². The quantitative estimate of drug-likeness (QED) is 0.299. The van der Waals surface area contributed by atoms with Crippen LogP contribution in [0.5, 0.6) is 0 Å². The normalized spacial score (nSPS) is 14.0. The molecule has 0 spiro atoms. The van der Waals surface area contributed by atoms with Gasteiger partial charge in [-0.1, -0.05) is 0 Å². The van der Waals surface area contributed by atoms with Gasteiger partial charge in [-0.2, -0.15) is 18.3 Å². The number of rotatable bonds is 7. The smallest absolute Gasteiger partial charge is 0.383 e. The summed E-state index contributed by atoms with van der Waals surface area (Å²) in [5.41, 5.74) is 3.84. The molecule has 1 aromatic carbocycles. The predicted octanol–water partition coefficient (Wildman–Crippen LogP) is 3.59. The number of aryl methyl sites for hydroxylation is 1. The van der Waals surface area contributed by atoms with Gasteiger partial charge in [0.05, 0.1) is 41.7 Å². The van der Waals surface area contributed by atoms with Gasteiger partial charge in [0.15, 0.2) is 5.82 Å². The van der Waals surface area contributed by atoms with Crippen LogP contribution in [0.1, 0.15) is 36.6 Å². The Balaban J connectivity index is 1.31. The number of nitrogens with one attached hydrogen (secondary N) is 2. The molecule has 0 saturated carbocycles. The van der Waals surface area contributed by atoms with E-state index in [1.54, 1.807) is 24.3 Å². The van der Waals surface area contributed by atoms with E-state index >= 15 is 4.39 Å². The minimum atomic E-state index is -4.85. The highest BCUT2D eigenvalue weighted by Gasteiger charge is 2.37. The van der Waals surface area contributed by atoms with Crippen LogP contribution in [-0.2, 0) is 30.7 Å². The van der Waals surface area contributed by atoms with E-state index in [0.717, 1.165) is 12.3 Å². The number of nitrogens with two attached hydrogens (primary N) is 1. The van der Waals surface area contributed by atoms with Crippen molar-refractivity contribution in [3.63, 3.8) is 0 Å². The Morgan fingerprint density at radius 3 is 2.79 bits per heavy atom. The summed E-state index contributed by atoms with van der Waals surface area (Å²) in [5, 5.41) is 8.54. The topological polar surface area (TPSA) is 141 Å². The lowest BCUT2D eigenvalue weighted by atomic mass is 10.1. The molecule has 4 N–H and O–H groups in total. The molecule has 0 radical (unpaired) electrons. The van der Waals surface area contributed by atoms with Crippen molar-refractivity contribution in [2.24, 2.45) is 0 Å².